The Labute approximate surface area is 134 Å². The smallest absolute Gasteiger partial charge is 0.338 e. The van der Waals surface area contributed by atoms with E-state index in [0.29, 0.717) is 22.7 Å². The van der Waals surface area contributed by atoms with Crippen molar-refractivity contribution in [1.82, 2.24) is 9.78 Å². The van der Waals surface area contributed by atoms with Gasteiger partial charge < -0.3 is 14.8 Å². The fourth-order valence-corrected chi connectivity index (χ4v) is 2.09. The minimum absolute atomic E-state index is 0.325. The highest BCUT2D eigenvalue weighted by Gasteiger charge is 2.15. The topological polar surface area (TPSA) is 82.4 Å². The third kappa shape index (κ3) is 3.88. The Kier molecular flexibility index (Phi) is 5.00. The Hall–Kier alpha value is -2.83. The first-order chi connectivity index (χ1) is 10.9. The summed E-state index contributed by atoms with van der Waals surface area (Å²) in [6.45, 7) is 3.27. The van der Waals surface area contributed by atoms with E-state index in [1.54, 1.807) is 42.9 Å². The van der Waals surface area contributed by atoms with Gasteiger partial charge in [0.15, 0.2) is 6.61 Å². The number of hydrogen-bond acceptors (Lipinski definition) is 5. The third-order valence-electron chi connectivity index (χ3n) is 3.41. The van der Waals surface area contributed by atoms with E-state index in [1.165, 1.54) is 7.11 Å². The van der Waals surface area contributed by atoms with Crippen molar-refractivity contribution in [2.24, 2.45) is 7.05 Å². The largest absolute Gasteiger partial charge is 0.497 e. The molecular weight excluding hydrogens is 298 g/mol. The van der Waals surface area contributed by atoms with Crippen LogP contribution in [0.3, 0.4) is 0 Å². The first kappa shape index (κ1) is 16.5. The summed E-state index contributed by atoms with van der Waals surface area (Å²) in [6.07, 6.45) is 0. The van der Waals surface area contributed by atoms with Crippen molar-refractivity contribution in [3.63, 3.8) is 0 Å². The number of methoxy groups -OCH3 is 1. The maximum atomic E-state index is 11.9. The molecule has 1 N–H and O–H groups in total. The number of amides is 1. The molecule has 122 valence electrons. The Morgan fingerprint density at radius 3 is 2.65 bits per heavy atom. The molecular formula is C16H19N3O4. The molecule has 0 aliphatic rings. The Morgan fingerprint density at radius 2 is 2.04 bits per heavy atom. The van der Waals surface area contributed by atoms with Gasteiger partial charge in [-0.1, -0.05) is 6.07 Å². The summed E-state index contributed by atoms with van der Waals surface area (Å²) in [5.74, 6) is -0.454. The second-order valence-electron chi connectivity index (χ2n) is 5.03. The van der Waals surface area contributed by atoms with Crippen LogP contribution in [0.1, 0.15) is 21.7 Å². The second-order valence-corrected chi connectivity index (χ2v) is 5.03. The molecule has 0 spiro atoms. The van der Waals surface area contributed by atoms with Crippen LogP contribution in [0.5, 0.6) is 5.75 Å². The number of hydrogen-bond donors (Lipinski definition) is 1. The first-order valence-corrected chi connectivity index (χ1v) is 7.03. The van der Waals surface area contributed by atoms with E-state index in [9.17, 15) is 9.59 Å². The number of aromatic nitrogens is 2. The Bertz CT molecular complexity index is 737. The molecule has 2 aromatic rings. The average Bonchev–Trinajstić information content (AvgIpc) is 2.79. The number of nitrogens with zero attached hydrogens (tertiary/aromatic N) is 2. The summed E-state index contributed by atoms with van der Waals surface area (Å²) < 4.78 is 11.7. The minimum atomic E-state index is -0.585. The molecule has 0 atom stereocenters. The zero-order valence-corrected chi connectivity index (χ0v) is 13.5. The van der Waals surface area contributed by atoms with Gasteiger partial charge in [0.05, 0.1) is 29.7 Å². The first-order valence-electron chi connectivity index (χ1n) is 7.03. The van der Waals surface area contributed by atoms with Crippen LogP contribution in [0.2, 0.25) is 0 Å². The van der Waals surface area contributed by atoms with Gasteiger partial charge in [-0.15, -0.1) is 0 Å². The number of anilines is 1. The van der Waals surface area contributed by atoms with Crippen molar-refractivity contribution in [1.29, 1.82) is 0 Å². The zero-order valence-electron chi connectivity index (χ0n) is 13.5. The molecule has 0 bridgehead atoms. The van der Waals surface area contributed by atoms with Crippen LogP contribution in [0.25, 0.3) is 0 Å². The van der Waals surface area contributed by atoms with Gasteiger partial charge in [0.2, 0.25) is 0 Å². The number of rotatable bonds is 5. The Balaban J connectivity index is 1.94. The maximum Gasteiger partial charge on any atom is 0.338 e. The van der Waals surface area contributed by atoms with E-state index in [4.69, 9.17) is 9.47 Å². The maximum absolute atomic E-state index is 11.9. The summed E-state index contributed by atoms with van der Waals surface area (Å²) >= 11 is 0. The van der Waals surface area contributed by atoms with Gasteiger partial charge in [-0.3, -0.25) is 9.48 Å². The predicted molar refractivity (Wildman–Crippen MR) is 84.6 cm³/mol. The summed E-state index contributed by atoms with van der Waals surface area (Å²) in [7, 11) is 3.30. The summed E-state index contributed by atoms with van der Waals surface area (Å²) in [5.41, 5.74) is 2.49. The average molecular weight is 317 g/mol. The third-order valence-corrected chi connectivity index (χ3v) is 3.41. The lowest BCUT2D eigenvalue weighted by Crippen LogP contribution is -2.21. The van der Waals surface area contributed by atoms with Crippen molar-refractivity contribution in [2.75, 3.05) is 19.0 Å². The minimum Gasteiger partial charge on any atom is -0.497 e. The van der Waals surface area contributed by atoms with E-state index < -0.39 is 11.9 Å². The standard InChI is InChI=1S/C16H19N3O4/c1-10-15(11(2)19(3)18-10)17-14(20)9-23-16(21)12-6-5-7-13(8-12)22-4/h5-8H,9H2,1-4H3,(H,17,20). The highest BCUT2D eigenvalue weighted by atomic mass is 16.5. The van der Waals surface area contributed by atoms with Crippen molar-refractivity contribution in [3.05, 3.63) is 41.2 Å². The number of carbonyl (C=O) groups excluding carboxylic acids is 2. The van der Waals surface area contributed by atoms with Gasteiger partial charge in [0, 0.05) is 7.05 Å². The van der Waals surface area contributed by atoms with Crippen LogP contribution in [-0.2, 0) is 16.6 Å². The van der Waals surface area contributed by atoms with Gasteiger partial charge in [0.1, 0.15) is 5.75 Å². The quantitative estimate of drug-likeness (QED) is 0.851. The molecule has 1 heterocycles. The van der Waals surface area contributed by atoms with Crippen LogP contribution >= 0.6 is 0 Å². The fourth-order valence-electron chi connectivity index (χ4n) is 2.09. The Morgan fingerprint density at radius 1 is 1.30 bits per heavy atom. The molecule has 23 heavy (non-hydrogen) atoms. The van der Waals surface area contributed by atoms with Gasteiger partial charge in [-0.05, 0) is 32.0 Å². The van der Waals surface area contributed by atoms with Crippen molar-refractivity contribution in [2.45, 2.75) is 13.8 Å². The lowest BCUT2D eigenvalue weighted by Gasteiger charge is -2.08. The fraction of sp³-hybridized carbons (Fsp3) is 0.312. The highest BCUT2D eigenvalue weighted by Crippen LogP contribution is 2.18. The van der Waals surface area contributed by atoms with Crippen molar-refractivity contribution < 1.29 is 19.1 Å². The molecule has 0 unspecified atom stereocenters. The molecule has 1 aromatic carbocycles. The van der Waals surface area contributed by atoms with E-state index in [-0.39, 0.29) is 6.61 Å². The molecule has 0 saturated heterocycles. The SMILES string of the molecule is COc1cccc(C(=O)OCC(=O)Nc2c(C)nn(C)c2C)c1. The van der Waals surface area contributed by atoms with Gasteiger partial charge >= 0.3 is 5.97 Å². The number of esters is 1. The lowest BCUT2D eigenvalue weighted by molar-refractivity contribution is -0.119. The van der Waals surface area contributed by atoms with Crippen LogP contribution in [-0.4, -0.2) is 35.4 Å². The normalized spacial score (nSPS) is 10.3. The number of aryl methyl sites for hydroxylation is 2. The zero-order chi connectivity index (χ0) is 17.0. The van der Waals surface area contributed by atoms with Crippen LogP contribution in [0, 0.1) is 13.8 Å². The lowest BCUT2D eigenvalue weighted by atomic mass is 10.2. The van der Waals surface area contributed by atoms with E-state index in [1.807, 2.05) is 6.92 Å². The van der Waals surface area contributed by atoms with Gasteiger partial charge in [-0.2, -0.15) is 5.10 Å². The molecule has 0 radical (unpaired) electrons. The van der Waals surface area contributed by atoms with Crippen LogP contribution in [0.4, 0.5) is 5.69 Å². The van der Waals surface area contributed by atoms with Crippen LogP contribution < -0.4 is 10.1 Å². The van der Waals surface area contributed by atoms with E-state index in [2.05, 4.69) is 10.4 Å². The van der Waals surface area contributed by atoms with Crippen LogP contribution in [0.15, 0.2) is 24.3 Å². The molecule has 1 amide bonds. The number of carbonyl (C=O) groups is 2. The molecule has 0 aliphatic heterocycles. The molecule has 2 rings (SSSR count). The molecule has 1 aromatic heterocycles. The summed E-state index contributed by atoms with van der Waals surface area (Å²) in [5, 5.41) is 6.91. The van der Waals surface area contributed by atoms with E-state index in [0.717, 1.165) is 5.69 Å². The monoisotopic (exact) mass is 317 g/mol. The summed E-state index contributed by atoms with van der Waals surface area (Å²) in [4.78, 5) is 23.9. The molecule has 0 aliphatic carbocycles. The highest BCUT2D eigenvalue weighted by molar-refractivity contribution is 5.96. The molecule has 7 nitrogen and oxygen atoms in total. The van der Waals surface area contributed by atoms with E-state index >= 15 is 0 Å². The van der Waals surface area contributed by atoms with Gasteiger partial charge in [-0.25, -0.2) is 4.79 Å². The summed E-state index contributed by atoms with van der Waals surface area (Å²) in [6, 6.07) is 6.54. The second kappa shape index (κ2) is 6.95. The van der Waals surface area contributed by atoms with Crippen molar-refractivity contribution in [3.8, 4) is 5.75 Å². The number of ether oxygens (including phenoxy) is 2. The number of nitrogens with one attached hydrogen (secondary N) is 1. The van der Waals surface area contributed by atoms with Gasteiger partial charge in [0.25, 0.3) is 5.91 Å². The predicted octanol–water partition coefficient (Wildman–Crippen LogP) is 1.84. The molecule has 0 saturated carbocycles. The number of benzene rings is 1. The molecule has 7 heteroatoms. The molecule has 0 fully saturated rings. The van der Waals surface area contributed by atoms with Crippen molar-refractivity contribution >= 4 is 17.6 Å².